The van der Waals surface area contributed by atoms with E-state index in [0.717, 1.165) is 25.7 Å². The summed E-state index contributed by atoms with van der Waals surface area (Å²) in [7, 11) is 0. The van der Waals surface area contributed by atoms with E-state index in [1.807, 2.05) is 6.92 Å². The predicted molar refractivity (Wildman–Crippen MR) is 70.4 cm³/mol. The second-order valence-corrected chi connectivity index (χ2v) is 4.45. The SMILES string of the molecule is Cc1cccc(/C=C/CCCC[C@H](C)O)c1. The highest BCUT2D eigenvalue weighted by atomic mass is 16.3. The Morgan fingerprint density at radius 2 is 2.12 bits per heavy atom. The molecule has 0 bridgehead atoms. The first-order valence-electron chi connectivity index (χ1n) is 6.10. The van der Waals surface area contributed by atoms with Crippen molar-refractivity contribution in [1.29, 1.82) is 0 Å². The Hall–Kier alpha value is -1.08. The molecule has 0 amide bonds. The number of benzene rings is 1. The second kappa shape index (κ2) is 7.24. The molecule has 0 radical (unpaired) electrons. The van der Waals surface area contributed by atoms with Gasteiger partial charge in [-0.25, -0.2) is 0 Å². The van der Waals surface area contributed by atoms with Crippen molar-refractivity contribution in [2.75, 3.05) is 0 Å². The summed E-state index contributed by atoms with van der Waals surface area (Å²) < 4.78 is 0. The molecule has 1 aromatic carbocycles. The molecule has 16 heavy (non-hydrogen) atoms. The summed E-state index contributed by atoms with van der Waals surface area (Å²) in [5.74, 6) is 0. The van der Waals surface area contributed by atoms with Crippen molar-refractivity contribution in [1.82, 2.24) is 0 Å². The molecular formula is C15H22O. The summed E-state index contributed by atoms with van der Waals surface area (Å²) in [5.41, 5.74) is 2.58. The highest BCUT2D eigenvalue weighted by Gasteiger charge is 1.93. The summed E-state index contributed by atoms with van der Waals surface area (Å²) in [6, 6.07) is 8.51. The van der Waals surface area contributed by atoms with Gasteiger partial charge in [-0.15, -0.1) is 0 Å². The van der Waals surface area contributed by atoms with Crippen LogP contribution in [-0.4, -0.2) is 11.2 Å². The van der Waals surface area contributed by atoms with E-state index in [4.69, 9.17) is 5.11 Å². The van der Waals surface area contributed by atoms with Crippen molar-refractivity contribution in [3.05, 3.63) is 41.5 Å². The molecule has 0 heterocycles. The molecule has 88 valence electrons. The van der Waals surface area contributed by atoms with Gasteiger partial charge < -0.3 is 5.11 Å². The maximum Gasteiger partial charge on any atom is 0.0512 e. The van der Waals surface area contributed by atoms with Gasteiger partial charge in [-0.2, -0.15) is 0 Å². The van der Waals surface area contributed by atoms with Gasteiger partial charge in [0.15, 0.2) is 0 Å². The van der Waals surface area contributed by atoms with Crippen LogP contribution in [0.5, 0.6) is 0 Å². The van der Waals surface area contributed by atoms with Crippen LogP contribution in [0, 0.1) is 6.92 Å². The van der Waals surface area contributed by atoms with Gasteiger partial charge in [-0.1, -0.05) is 48.4 Å². The zero-order valence-corrected chi connectivity index (χ0v) is 10.3. The Morgan fingerprint density at radius 1 is 1.31 bits per heavy atom. The smallest absolute Gasteiger partial charge is 0.0512 e. The number of allylic oxidation sites excluding steroid dienone is 1. The summed E-state index contributed by atoms with van der Waals surface area (Å²) >= 11 is 0. The highest BCUT2D eigenvalue weighted by molar-refractivity contribution is 5.49. The number of hydrogen-bond donors (Lipinski definition) is 1. The molecule has 0 aliphatic rings. The highest BCUT2D eigenvalue weighted by Crippen LogP contribution is 2.08. The zero-order chi connectivity index (χ0) is 11.8. The predicted octanol–water partition coefficient (Wildman–Crippen LogP) is 3.95. The third kappa shape index (κ3) is 5.72. The minimum absolute atomic E-state index is 0.152. The van der Waals surface area contributed by atoms with Gasteiger partial charge in [-0.3, -0.25) is 0 Å². The molecular weight excluding hydrogens is 196 g/mol. The van der Waals surface area contributed by atoms with E-state index in [1.54, 1.807) is 0 Å². The van der Waals surface area contributed by atoms with Crippen molar-refractivity contribution in [2.45, 2.75) is 45.6 Å². The third-order valence-corrected chi connectivity index (χ3v) is 2.60. The van der Waals surface area contributed by atoms with Crippen LogP contribution in [0.4, 0.5) is 0 Å². The maximum atomic E-state index is 9.10. The standard InChI is InChI=1S/C15H22O/c1-13-8-7-11-15(12-13)10-6-4-3-5-9-14(2)16/h6-8,10-12,14,16H,3-5,9H2,1-2H3/b10-6+/t14-/m0/s1. The lowest BCUT2D eigenvalue weighted by Gasteiger charge is -2.01. The van der Waals surface area contributed by atoms with E-state index in [-0.39, 0.29) is 6.10 Å². The van der Waals surface area contributed by atoms with E-state index in [0.29, 0.717) is 0 Å². The first-order chi connectivity index (χ1) is 7.68. The van der Waals surface area contributed by atoms with Crippen molar-refractivity contribution in [3.8, 4) is 0 Å². The van der Waals surface area contributed by atoms with Crippen molar-refractivity contribution in [3.63, 3.8) is 0 Å². The number of unbranched alkanes of at least 4 members (excludes halogenated alkanes) is 2. The Labute approximate surface area is 98.8 Å². The van der Waals surface area contributed by atoms with Gasteiger partial charge >= 0.3 is 0 Å². The van der Waals surface area contributed by atoms with Gasteiger partial charge in [0.25, 0.3) is 0 Å². The van der Waals surface area contributed by atoms with Crippen LogP contribution in [0.15, 0.2) is 30.3 Å². The van der Waals surface area contributed by atoms with Crippen LogP contribution in [0.25, 0.3) is 6.08 Å². The van der Waals surface area contributed by atoms with Gasteiger partial charge in [0.2, 0.25) is 0 Å². The molecule has 1 nitrogen and oxygen atoms in total. The minimum atomic E-state index is -0.152. The van der Waals surface area contributed by atoms with Crippen molar-refractivity contribution in [2.24, 2.45) is 0 Å². The van der Waals surface area contributed by atoms with Crippen LogP contribution in [-0.2, 0) is 0 Å². The largest absolute Gasteiger partial charge is 0.393 e. The maximum absolute atomic E-state index is 9.10. The van der Waals surface area contributed by atoms with Gasteiger partial charge in [-0.05, 0) is 38.7 Å². The van der Waals surface area contributed by atoms with E-state index < -0.39 is 0 Å². The summed E-state index contributed by atoms with van der Waals surface area (Å²) in [6.07, 6.45) is 8.52. The number of rotatable bonds is 6. The number of aliphatic hydroxyl groups excluding tert-OH is 1. The van der Waals surface area contributed by atoms with Crippen LogP contribution in [0.2, 0.25) is 0 Å². The van der Waals surface area contributed by atoms with Gasteiger partial charge in [0.05, 0.1) is 6.10 Å². The van der Waals surface area contributed by atoms with E-state index in [1.165, 1.54) is 11.1 Å². The van der Waals surface area contributed by atoms with Crippen LogP contribution in [0.1, 0.15) is 43.7 Å². The van der Waals surface area contributed by atoms with Gasteiger partial charge in [0, 0.05) is 0 Å². The monoisotopic (exact) mass is 218 g/mol. The normalized spacial score (nSPS) is 13.2. The summed E-state index contributed by atoms with van der Waals surface area (Å²) in [6.45, 7) is 3.96. The Morgan fingerprint density at radius 3 is 2.81 bits per heavy atom. The Bertz CT molecular complexity index is 326. The fraction of sp³-hybridized carbons (Fsp3) is 0.467. The molecule has 0 spiro atoms. The summed E-state index contributed by atoms with van der Waals surface area (Å²) in [5, 5.41) is 9.10. The number of hydrogen-bond acceptors (Lipinski definition) is 1. The fourth-order valence-corrected chi connectivity index (χ4v) is 1.70. The molecule has 1 atom stereocenters. The average Bonchev–Trinajstić information content (AvgIpc) is 2.23. The molecule has 1 aromatic rings. The van der Waals surface area contributed by atoms with Gasteiger partial charge in [0.1, 0.15) is 0 Å². The fourth-order valence-electron chi connectivity index (χ4n) is 1.70. The molecule has 0 saturated heterocycles. The number of aliphatic hydroxyl groups is 1. The molecule has 0 fully saturated rings. The molecule has 0 unspecified atom stereocenters. The molecule has 0 saturated carbocycles. The molecule has 0 aliphatic heterocycles. The quantitative estimate of drug-likeness (QED) is 0.717. The molecule has 1 N–H and O–H groups in total. The van der Waals surface area contributed by atoms with Crippen LogP contribution in [0.3, 0.4) is 0 Å². The zero-order valence-electron chi connectivity index (χ0n) is 10.3. The average molecular weight is 218 g/mol. The summed E-state index contributed by atoms with van der Waals surface area (Å²) in [4.78, 5) is 0. The van der Waals surface area contributed by atoms with Crippen LogP contribution < -0.4 is 0 Å². The Kier molecular flexibility index (Phi) is 5.87. The topological polar surface area (TPSA) is 20.2 Å². The molecule has 1 rings (SSSR count). The lowest BCUT2D eigenvalue weighted by molar-refractivity contribution is 0.181. The molecule has 0 aromatic heterocycles. The number of aryl methyl sites for hydroxylation is 1. The van der Waals surface area contributed by atoms with Crippen LogP contribution >= 0.6 is 0 Å². The molecule has 0 aliphatic carbocycles. The first kappa shape index (κ1) is 13.0. The van der Waals surface area contributed by atoms with E-state index in [2.05, 4.69) is 43.3 Å². The minimum Gasteiger partial charge on any atom is -0.393 e. The first-order valence-corrected chi connectivity index (χ1v) is 6.10. The lowest BCUT2D eigenvalue weighted by Crippen LogP contribution is -1.97. The van der Waals surface area contributed by atoms with E-state index >= 15 is 0 Å². The third-order valence-electron chi connectivity index (χ3n) is 2.60. The second-order valence-electron chi connectivity index (χ2n) is 4.45. The lowest BCUT2D eigenvalue weighted by atomic mass is 10.1. The van der Waals surface area contributed by atoms with E-state index in [9.17, 15) is 0 Å². The Balaban J connectivity index is 2.22. The van der Waals surface area contributed by atoms with Crippen molar-refractivity contribution < 1.29 is 5.11 Å². The molecule has 1 heteroatoms. The van der Waals surface area contributed by atoms with Crippen molar-refractivity contribution >= 4 is 6.08 Å².